The van der Waals surface area contributed by atoms with Crippen LogP contribution in [0, 0.1) is 11.8 Å². The van der Waals surface area contributed by atoms with Crippen LogP contribution in [0.5, 0.6) is 5.75 Å². The van der Waals surface area contributed by atoms with Crippen LogP contribution in [-0.4, -0.2) is 50.0 Å². The zero-order valence-electron chi connectivity index (χ0n) is 21.5. The number of carbonyl (C=O) groups excluding carboxylic acids is 1. The summed E-state index contributed by atoms with van der Waals surface area (Å²) in [4.78, 5) is 34.6. The van der Waals surface area contributed by atoms with E-state index in [0.717, 1.165) is 42.7 Å². The van der Waals surface area contributed by atoms with Crippen molar-refractivity contribution < 1.29 is 18.7 Å². The first-order chi connectivity index (χ1) is 19.4. The number of rotatable bonds is 11. The van der Waals surface area contributed by atoms with Gasteiger partial charge in [0, 0.05) is 43.2 Å². The first-order valence-corrected chi connectivity index (χ1v) is 12.6. The molecule has 11 heteroatoms. The molecule has 1 unspecified atom stereocenters. The average Bonchev–Trinajstić information content (AvgIpc) is 3.48. The molecule has 0 radical (unpaired) electrons. The fraction of sp³-hybridized carbons (Fsp3) is 0.241. The molecule has 0 fully saturated rings. The number of aromatic nitrogens is 4. The molecule has 0 aliphatic heterocycles. The second-order valence-electron chi connectivity index (χ2n) is 8.98. The molecule has 4 N–H and O–H groups in total. The van der Waals surface area contributed by atoms with Crippen molar-refractivity contribution in [2.45, 2.75) is 31.9 Å². The molecule has 0 saturated carbocycles. The maximum atomic E-state index is 12.7. The van der Waals surface area contributed by atoms with Crippen molar-refractivity contribution >= 4 is 5.91 Å². The van der Waals surface area contributed by atoms with Gasteiger partial charge in [-0.15, -0.1) is 0 Å². The van der Waals surface area contributed by atoms with Crippen LogP contribution in [0.2, 0.25) is 0 Å². The third-order valence-electron chi connectivity index (χ3n) is 6.07. The molecule has 9 nitrogen and oxygen atoms in total. The zero-order chi connectivity index (χ0) is 28.3. The fourth-order valence-electron chi connectivity index (χ4n) is 3.95. The molecule has 1 amide bonds. The summed E-state index contributed by atoms with van der Waals surface area (Å²) < 4.78 is 27.3. The van der Waals surface area contributed by atoms with E-state index in [1.165, 1.54) is 0 Å². The van der Waals surface area contributed by atoms with E-state index >= 15 is 0 Å². The molecule has 2 aromatic carbocycles. The number of hydrogen-bond donors (Lipinski definition) is 4. The molecule has 0 aliphatic carbocycles. The van der Waals surface area contributed by atoms with Crippen molar-refractivity contribution in [1.82, 2.24) is 30.2 Å². The van der Waals surface area contributed by atoms with Crippen molar-refractivity contribution in [3.8, 4) is 17.6 Å². The van der Waals surface area contributed by atoms with Crippen LogP contribution in [0.4, 0.5) is 8.78 Å². The van der Waals surface area contributed by atoms with Gasteiger partial charge in [0.15, 0.2) is 0 Å². The molecule has 4 rings (SSSR count). The number of amides is 1. The van der Waals surface area contributed by atoms with E-state index in [2.05, 4.69) is 37.4 Å². The second-order valence-corrected chi connectivity index (χ2v) is 8.98. The summed E-state index contributed by atoms with van der Waals surface area (Å²) in [6.45, 7) is 1.57. The molecule has 4 aromatic rings. The molecular formula is C29H28F2N6O3. The Morgan fingerprint density at radius 1 is 1.05 bits per heavy atom. The lowest BCUT2D eigenvalue weighted by molar-refractivity contribution is -0.123. The van der Waals surface area contributed by atoms with Crippen LogP contribution in [-0.2, 0) is 24.3 Å². The van der Waals surface area contributed by atoms with Crippen LogP contribution < -0.4 is 16.2 Å². The van der Waals surface area contributed by atoms with Crippen LogP contribution in [0.15, 0.2) is 78.4 Å². The monoisotopic (exact) mass is 546 g/mol. The van der Waals surface area contributed by atoms with E-state index < -0.39 is 36.1 Å². The van der Waals surface area contributed by atoms with Gasteiger partial charge in [-0.1, -0.05) is 36.1 Å². The van der Waals surface area contributed by atoms with E-state index in [4.69, 9.17) is 0 Å². The molecule has 40 heavy (non-hydrogen) atoms. The third kappa shape index (κ3) is 8.09. The molecule has 2 heterocycles. The number of H-pyrrole nitrogens is 1. The minimum Gasteiger partial charge on any atom is -0.502 e. The van der Waals surface area contributed by atoms with Gasteiger partial charge in [0.25, 0.3) is 12.0 Å². The number of nitrogens with zero attached hydrogens (tertiary/aromatic N) is 3. The van der Waals surface area contributed by atoms with Gasteiger partial charge in [0.2, 0.25) is 11.7 Å². The van der Waals surface area contributed by atoms with Crippen LogP contribution >= 0.6 is 0 Å². The van der Waals surface area contributed by atoms with Gasteiger partial charge in [-0.05, 0) is 41.8 Å². The van der Waals surface area contributed by atoms with E-state index in [-0.39, 0.29) is 12.1 Å². The number of benzene rings is 2. The molecule has 0 saturated heterocycles. The summed E-state index contributed by atoms with van der Waals surface area (Å²) in [7, 11) is 0. The Kier molecular flexibility index (Phi) is 9.74. The Labute approximate surface area is 229 Å². The minimum atomic E-state index is -2.74. The van der Waals surface area contributed by atoms with E-state index in [0.29, 0.717) is 5.56 Å². The maximum absolute atomic E-state index is 12.7. The first kappa shape index (κ1) is 28.2. The molecule has 0 bridgehead atoms. The molecule has 1 atom stereocenters. The van der Waals surface area contributed by atoms with Gasteiger partial charge < -0.3 is 25.3 Å². The Bertz CT molecular complexity index is 1510. The zero-order valence-corrected chi connectivity index (χ0v) is 21.5. The van der Waals surface area contributed by atoms with Gasteiger partial charge in [0.05, 0.1) is 25.1 Å². The smallest absolute Gasteiger partial charge is 0.293 e. The first-order valence-electron chi connectivity index (χ1n) is 12.6. The summed E-state index contributed by atoms with van der Waals surface area (Å²) in [5, 5.41) is 15.7. The number of nitrogens with one attached hydrogen (secondary N) is 3. The van der Waals surface area contributed by atoms with Crippen molar-refractivity contribution in [2.75, 3.05) is 13.1 Å². The third-order valence-corrected chi connectivity index (χ3v) is 6.07. The number of imidazole rings is 1. The minimum absolute atomic E-state index is 0.0324. The molecular weight excluding hydrogens is 518 g/mol. The molecule has 206 valence electrons. The topological polar surface area (TPSA) is 125 Å². The lowest BCUT2D eigenvalue weighted by Gasteiger charge is -2.17. The fourth-order valence-corrected chi connectivity index (χ4v) is 3.95. The lowest BCUT2D eigenvalue weighted by atomic mass is 9.94. The predicted molar refractivity (Wildman–Crippen MR) is 145 cm³/mol. The summed E-state index contributed by atoms with van der Waals surface area (Å²) in [6, 6.07) is 15.0. The lowest BCUT2D eigenvalue weighted by Crippen LogP contribution is -2.34. The van der Waals surface area contributed by atoms with Gasteiger partial charge >= 0.3 is 0 Å². The van der Waals surface area contributed by atoms with Crippen molar-refractivity contribution in [3.63, 3.8) is 0 Å². The summed E-state index contributed by atoms with van der Waals surface area (Å²) in [5.74, 6) is 3.59. The van der Waals surface area contributed by atoms with Crippen LogP contribution in [0.3, 0.4) is 0 Å². The van der Waals surface area contributed by atoms with E-state index in [1.807, 2.05) is 35.0 Å². The highest BCUT2D eigenvalue weighted by atomic mass is 19.3. The maximum Gasteiger partial charge on any atom is 0.293 e. The van der Waals surface area contributed by atoms with Gasteiger partial charge in [-0.2, -0.15) is 0 Å². The van der Waals surface area contributed by atoms with Crippen molar-refractivity contribution in [3.05, 3.63) is 112 Å². The number of carbonyl (C=O) groups is 1. The predicted octanol–water partition coefficient (Wildman–Crippen LogP) is 2.57. The van der Waals surface area contributed by atoms with Crippen LogP contribution in [0.1, 0.15) is 33.9 Å². The average molecular weight is 547 g/mol. The van der Waals surface area contributed by atoms with E-state index in [1.54, 1.807) is 36.8 Å². The van der Waals surface area contributed by atoms with Crippen molar-refractivity contribution in [2.24, 2.45) is 0 Å². The summed E-state index contributed by atoms with van der Waals surface area (Å²) in [5.41, 5.74) is 2.42. The Balaban J connectivity index is 1.37. The molecule has 0 aliphatic rings. The number of hydrogen-bond acceptors (Lipinski definition) is 6. The summed E-state index contributed by atoms with van der Waals surface area (Å²) >= 11 is 0. The molecule has 2 aromatic heterocycles. The highest BCUT2D eigenvalue weighted by Crippen LogP contribution is 2.24. The highest BCUT2D eigenvalue weighted by Gasteiger charge is 2.27. The van der Waals surface area contributed by atoms with Gasteiger partial charge in [0.1, 0.15) is 5.69 Å². The highest BCUT2D eigenvalue weighted by molar-refractivity contribution is 5.84. The Morgan fingerprint density at radius 3 is 2.35 bits per heavy atom. The number of alkyl halides is 2. The van der Waals surface area contributed by atoms with Gasteiger partial charge in [-0.25, -0.2) is 18.7 Å². The number of aromatic hydroxyl groups is 1. The van der Waals surface area contributed by atoms with Crippen LogP contribution in [0.25, 0.3) is 0 Å². The molecule has 0 spiro atoms. The SMILES string of the molecule is O=C(NCC(F)F)C(Cc1ccc(C#Cc2ccc(CNCCn3ccnc3)cc2)cc1)c1nc[nH]c(=O)c1O. The standard InChI is InChI=1S/C29H28F2N6O3/c30-25(31)17-34-28(39)24(26-27(38)29(40)36-18-35-26)15-22-7-3-20(4-8-22)1-2-21-5-9-23(10-6-21)16-32-11-13-37-14-12-33-19-37/h3-10,12,14,18-19,24-25,32,38H,11,13,15-17H2,(H,34,39)(H,35,36,40). The largest absolute Gasteiger partial charge is 0.502 e. The number of halogens is 2. The quantitative estimate of drug-likeness (QED) is 0.169. The van der Waals surface area contributed by atoms with Gasteiger partial charge in [-0.3, -0.25) is 9.59 Å². The van der Waals surface area contributed by atoms with Crippen molar-refractivity contribution in [1.29, 1.82) is 0 Å². The second kappa shape index (κ2) is 13.8. The number of aromatic amines is 1. The summed E-state index contributed by atoms with van der Waals surface area (Å²) in [6.07, 6.45) is 3.81. The Morgan fingerprint density at radius 2 is 1.73 bits per heavy atom. The van der Waals surface area contributed by atoms with E-state index in [9.17, 15) is 23.5 Å². The normalized spacial score (nSPS) is 11.6. The Hall–Kier alpha value is -4.82.